The van der Waals surface area contributed by atoms with Crippen LogP contribution in [0, 0.1) is 5.41 Å². The second-order valence-corrected chi connectivity index (χ2v) is 4.29. The van der Waals surface area contributed by atoms with E-state index in [-0.39, 0.29) is 17.5 Å². The number of hydroxylamine groups is 2. The van der Waals surface area contributed by atoms with Crippen molar-refractivity contribution in [2.75, 3.05) is 0 Å². The van der Waals surface area contributed by atoms with Gasteiger partial charge in [-0.2, -0.15) is 0 Å². The summed E-state index contributed by atoms with van der Waals surface area (Å²) in [6.45, 7) is 0. The Hall–Kier alpha value is -1.47. The van der Waals surface area contributed by atoms with Crippen molar-refractivity contribution >= 4 is 29.0 Å². The maximum Gasteiger partial charge on any atom is 0.200 e. The molecule has 18 heavy (non-hydrogen) atoms. The lowest BCUT2D eigenvalue weighted by Gasteiger charge is -2.30. The number of amidine groups is 1. The zero-order chi connectivity index (χ0) is 13.3. The van der Waals surface area contributed by atoms with E-state index in [0.29, 0.717) is 15.1 Å². The second kappa shape index (κ2) is 5.03. The van der Waals surface area contributed by atoms with Gasteiger partial charge in [-0.25, -0.2) is 5.06 Å². The molecule has 0 aliphatic carbocycles. The van der Waals surface area contributed by atoms with Crippen LogP contribution in [-0.2, 0) is 0 Å². The smallest absolute Gasteiger partial charge is 0.200 e. The summed E-state index contributed by atoms with van der Waals surface area (Å²) in [5, 5.41) is 20.6. The Balaban J connectivity index is 2.25. The highest BCUT2D eigenvalue weighted by molar-refractivity contribution is 6.37. The SMILES string of the molecule is N=C1C=C(Oc2c(Cl)cccc2Cl)NC(N)N1O. The first-order valence-corrected chi connectivity index (χ1v) is 5.67. The first-order valence-electron chi connectivity index (χ1n) is 4.91. The molecule has 0 amide bonds. The molecule has 1 aromatic carbocycles. The van der Waals surface area contributed by atoms with Crippen molar-refractivity contribution in [1.82, 2.24) is 10.4 Å². The summed E-state index contributed by atoms with van der Waals surface area (Å²) in [4.78, 5) is 0. The number of rotatable bonds is 2. The average Bonchev–Trinajstić information content (AvgIpc) is 2.31. The van der Waals surface area contributed by atoms with Gasteiger partial charge in [0.25, 0.3) is 0 Å². The standard InChI is InChI=1S/C10H10Cl2N4O2/c11-5-2-1-3-6(12)9(5)18-8-4-7(13)16(17)10(14)15-8/h1-4,10,13,15,17H,14H2. The number of hydrogen-bond acceptors (Lipinski definition) is 5. The van der Waals surface area contributed by atoms with Gasteiger partial charge in [0.2, 0.25) is 0 Å². The molecule has 6 nitrogen and oxygen atoms in total. The molecule has 0 radical (unpaired) electrons. The van der Waals surface area contributed by atoms with Crippen LogP contribution in [0.25, 0.3) is 0 Å². The van der Waals surface area contributed by atoms with E-state index >= 15 is 0 Å². The van der Waals surface area contributed by atoms with Gasteiger partial charge in [0.1, 0.15) is 0 Å². The molecule has 0 fully saturated rings. The summed E-state index contributed by atoms with van der Waals surface area (Å²) >= 11 is 11.9. The number of hydrogen-bond donors (Lipinski definition) is 4. The minimum Gasteiger partial charge on any atom is -0.438 e. The van der Waals surface area contributed by atoms with Crippen LogP contribution in [0.5, 0.6) is 5.75 Å². The van der Waals surface area contributed by atoms with Gasteiger partial charge >= 0.3 is 0 Å². The molecule has 0 bridgehead atoms. The lowest BCUT2D eigenvalue weighted by molar-refractivity contribution is -0.0661. The maximum absolute atomic E-state index is 9.31. The number of nitrogens with one attached hydrogen (secondary N) is 2. The second-order valence-electron chi connectivity index (χ2n) is 3.48. The third-order valence-corrected chi connectivity index (χ3v) is 2.79. The van der Waals surface area contributed by atoms with Crippen LogP contribution in [-0.4, -0.2) is 22.4 Å². The molecule has 2 rings (SSSR count). The summed E-state index contributed by atoms with van der Waals surface area (Å²) in [7, 11) is 0. The summed E-state index contributed by atoms with van der Waals surface area (Å²) in [6.07, 6.45) is 0.280. The Morgan fingerprint density at radius 3 is 2.56 bits per heavy atom. The zero-order valence-electron chi connectivity index (χ0n) is 9.02. The van der Waals surface area contributed by atoms with Gasteiger partial charge < -0.3 is 10.1 Å². The van der Waals surface area contributed by atoms with Gasteiger partial charge in [-0.1, -0.05) is 29.3 Å². The number of benzene rings is 1. The number of nitrogens with zero attached hydrogens (tertiary/aromatic N) is 1. The highest BCUT2D eigenvalue weighted by Crippen LogP contribution is 2.33. The molecule has 1 unspecified atom stereocenters. The van der Waals surface area contributed by atoms with E-state index in [1.807, 2.05) is 0 Å². The molecule has 1 atom stereocenters. The van der Waals surface area contributed by atoms with Gasteiger partial charge in [-0.3, -0.25) is 16.4 Å². The fraction of sp³-hybridized carbons (Fsp3) is 0.100. The first kappa shape index (κ1) is 13.0. The van der Waals surface area contributed by atoms with Crippen LogP contribution >= 0.6 is 23.2 Å². The number of nitrogens with two attached hydrogens (primary N) is 1. The van der Waals surface area contributed by atoms with Crippen LogP contribution in [0.4, 0.5) is 0 Å². The molecule has 1 aliphatic heterocycles. The van der Waals surface area contributed by atoms with Crippen LogP contribution in [0.3, 0.4) is 0 Å². The number of halogens is 2. The summed E-state index contributed by atoms with van der Waals surface area (Å²) in [5.74, 6) is 0.221. The molecule has 8 heteroatoms. The van der Waals surface area contributed by atoms with Crippen LogP contribution in [0.15, 0.2) is 30.2 Å². The average molecular weight is 289 g/mol. The van der Waals surface area contributed by atoms with Crippen molar-refractivity contribution in [3.8, 4) is 5.75 Å². The zero-order valence-corrected chi connectivity index (χ0v) is 10.5. The highest BCUT2D eigenvalue weighted by atomic mass is 35.5. The molecule has 5 N–H and O–H groups in total. The highest BCUT2D eigenvalue weighted by Gasteiger charge is 2.23. The van der Waals surface area contributed by atoms with E-state index in [9.17, 15) is 5.21 Å². The molecule has 0 saturated carbocycles. The van der Waals surface area contributed by atoms with Crippen molar-refractivity contribution in [1.29, 1.82) is 5.41 Å². The fourth-order valence-corrected chi connectivity index (χ4v) is 1.81. The number of ether oxygens (including phenoxy) is 1. The van der Waals surface area contributed by atoms with Crippen LogP contribution in [0.1, 0.15) is 0 Å². The predicted octanol–water partition coefficient (Wildman–Crippen LogP) is 1.73. The van der Waals surface area contributed by atoms with Crippen molar-refractivity contribution < 1.29 is 9.94 Å². The Bertz CT molecular complexity index is 500. The lowest BCUT2D eigenvalue weighted by Crippen LogP contribution is -2.55. The minimum absolute atomic E-state index is 0.174. The van der Waals surface area contributed by atoms with Crippen molar-refractivity contribution in [2.24, 2.45) is 5.73 Å². The predicted molar refractivity (Wildman–Crippen MR) is 67.6 cm³/mol. The minimum atomic E-state index is -0.973. The maximum atomic E-state index is 9.31. The van der Waals surface area contributed by atoms with Crippen molar-refractivity contribution in [2.45, 2.75) is 6.29 Å². The molecular formula is C10H10Cl2N4O2. The Kier molecular flexibility index (Phi) is 3.63. The first-order chi connectivity index (χ1) is 8.49. The molecule has 0 aromatic heterocycles. The Morgan fingerprint density at radius 2 is 2.00 bits per heavy atom. The Morgan fingerprint density at radius 1 is 1.39 bits per heavy atom. The Labute approximate surface area is 113 Å². The van der Waals surface area contributed by atoms with Crippen molar-refractivity contribution in [3.05, 3.63) is 40.2 Å². The fourth-order valence-electron chi connectivity index (χ4n) is 1.34. The third kappa shape index (κ3) is 2.51. The van der Waals surface area contributed by atoms with Crippen LogP contribution < -0.4 is 15.8 Å². The lowest BCUT2D eigenvalue weighted by atomic mass is 10.3. The van der Waals surface area contributed by atoms with Gasteiger partial charge in [0.05, 0.1) is 10.0 Å². The summed E-state index contributed by atoms with van der Waals surface area (Å²) in [5.41, 5.74) is 5.53. The quantitative estimate of drug-likeness (QED) is 0.665. The largest absolute Gasteiger partial charge is 0.438 e. The molecular weight excluding hydrogens is 279 g/mol. The van der Waals surface area contributed by atoms with E-state index in [2.05, 4.69) is 5.32 Å². The monoisotopic (exact) mass is 288 g/mol. The van der Waals surface area contributed by atoms with E-state index in [4.69, 9.17) is 39.1 Å². The normalized spacial score (nSPS) is 19.3. The van der Waals surface area contributed by atoms with Gasteiger partial charge in [-0.15, -0.1) is 0 Å². The van der Waals surface area contributed by atoms with E-state index < -0.39 is 6.29 Å². The molecule has 0 spiro atoms. The summed E-state index contributed by atoms with van der Waals surface area (Å²) < 4.78 is 5.43. The summed E-state index contributed by atoms with van der Waals surface area (Å²) in [6, 6.07) is 4.93. The molecule has 1 aliphatic rings. The third-order valence-electron chi connectivity index (χ3n) is 2.20. The van der Waals surface area contributed by atoms with Gasteiger partial charge in [0, 0.05) is 6.08 Å². The van der Waals surface area contributed by atoms with Gasteiger partial charge in [-0.05, 0) is 12.1 Å². The van der Waals surface area contributed by atoms with E-state index in [0.717, 1.165) is 0 Å². The van der Waals surface area contributed by atoms with Gasteiger partial charge in [0.15, 0.2) is 23.8 Å². The molecule has 96 valence electrons. The van der Waals surface area contributed by atoms with Crippen molar-refractivity contribution in [3.63, 3.8) is 0 Å². The topological polar surface area (TPSA) is 94.6 Å². The number of para-hydroxylation sites is 1. The van der Waals surface area contributed by atoms with E-state index in [1.54, 1.807) is 18.2 Å². The van der Waals surface area contributed by atoms with Crippen LogP contribution in [0.2, 0.25) is 10.0 Å². The molecule has 1 aromatic rings. The van der Waals surface area contributed by atoms with E-state index in [1.165, 1.54) is 6.08 Å². The molecule has 0 saturated heterocycles. The molecule has 1 heterocycles.